The van der Waals surface area contributed by atoms with Crippen molar-refractivity contribution in [2.24, 2.45) is 5.73 Å². The Morgan fingerprint density at radius 3 is 2.81 bits per heavy atom. The molecule has 0 aliphatic heterocycles. The van der Waals surface area contributed by atoms with Gasteiger partial charge in [-0.05, 0) is 36.5 Å². The normalized spacial score (nSPS) is 15.2. The van der Waals surface area contributed by atoms with Gasteiger partial charge in [-0.2, -0.15) is 0 Å². The highest BCUT2D eigenvalue weighted by molar-refractivity contribution is 5.87. The summed E-state index contributed by atoms with van der Waals surface area (Å²) in [5.41, 5.74) is 10.0. The van der Waals surface area contributed by atoms with Gasteiger partial charge in [0.1, 0.15) is 0 Å². The van der Waals surface area contributed by atoms with Crippen LogP contribution in [0, 0.1) is 6.92 Å². The van der Waals surface area contributed by atoms with Gasteiger partial charge in [-0.1, -0.05) is 26.0 Å². The van der Waals surface area contributed by atoms with Gasteiger partial charge in [-0.15, -0.1) is 0 Å². The third-order valence-corrected chi connectivity index (χ3v) is 3.55. The van der Waals surface area contributed by atoms with E-state index < -0.39 is 0 Å². The third-order valence-electron chi connectivity index (χ3n) is 3.55. The number of hydrogen-bond donors (Lipinski definition) is 2. The first kappa shape index (κ1) is 11.2. The fraction of sp³-hybridized carbons (Fsp3) is 0.429. The average molecular weight is 216 g/mol. The highest BCUT2D eigenvalue weighted by Crippen LogP contribution is 2.30. The number of nitrogens with one attached hydrogen (secondary N) is 1. The van der Waals surface area contributed by atoms with Gasteiger partial charge >= 0.3 is 0 Å². The first-order valence-electron chi connectivity index (χ1n) is 5.97. The number of hydrogen-bond acceptors (Lipinski definition) is 1. The summed E-state index contributed by atoms with van der Waals surface area (Å²) in [5.74, 6) is 0.403. The number of aromatic amines is 1. The lowest BCUT2D eigenvalue weighted by atomic mass is 9.91. The van der Waals surface area contributed by atoms with Crippen LogP contribution in [0.1, 0.15) is 37.3 Å². The SMILES string of the molecule is CC[C@H](N)[C@H](C)c1c[nH]c2cccc(C)c12. The van der Waals surface area contributed by atoms with E-state index in [-0.39, 0.29) is 6.04 Å². The molecular formula is C14H20N2. The molecular weight excluding hydrogens is 196 g/mol. The molecule has 0 radical (unpaired) electrons. The average Bonchev–Trinajstić information content (AvgIpc) is 2.72. The molecule has 2 aromatic rings. The molecule has 1 heterocycles. The van der Waals surface area contributed by atoms with Crippen molar-refractivity contribution in [3.63, 3.8) is 0 Å². The van der Waals surface area contributed by atoms with Crippen LogP contribution in [0.25, 0.3) is 10.9 Å². The second-order valence-corrected chi connectivity index (χ2v) is 4.60. The minimum atomic E-state index is 0.235. The van der Waals surface area contributed by atoms with Crippen LogP contribution in [-0.4, -0.2) is 11.0 Å². The molecule has 2 heteroatoms. The maximum Gasteiger partial charge on any atom is 0.0459 e. The topological polar surface area (TPSA) is 41.8 Å². The van der Waals surface area contributed by atoms with E-state index in [0.717, 1.165) is 6.42 Å². The summed E-state index contributed by atoms with van der Waals surface area (Å²) >= 11 is 0. The van der Waals surface area contributed by atoms with Crippen molar-refractivity contribution < 1.29 is 0 Å². The Labute approximate surface area is 96.9 Å². The van der Waals surface area contributed by atoms with Crippen LogP contribution >= 0.6 is 0 Å². The molecule has 2 nitrogen and oxygen atoms in total. The summed E-state index contributed by atoms with van der Waals surface area (Å²) < 4.78 is 0. The smallest absolute Gasteiger partial charge is 0.0459 e. The Bertz CT molecular complexity index is 484. The number of benzene rings is 1. The largest absolute Gasteiger partial charge is 0.361 e. The molecule has 2 rings (SSSR count). The van der Waals surface area contributed by atoms with Crippen molar-refractivity contribution in [2.75, 3.05) is 0 Å². The van der Waals surface area contributed by atoms with E-state index in [2.05, 4.69) is 50.2 Å². The van der Waals surface area contributed by atoms with Gasteiger partial charge in [0, 0.05) is 23.1 Å². The van der Waals surface area contributed by atoms with Crippen LogP contribution in [0.5, 0.6) is 0 Å². The molecule has 0 saturated heterocycles. The summed E-state index contributed by atoms with van der Waals surface area (Å²) in [5, 5.41) is 1.35. The van der Waals surface area contributed by atoms with Gasteiger partial charge in [-0.25, -0.2) is 0 Å². The van der Waals surface area contributed by atoms with Crippen LogP contribution in [0.2, 0.25) is 0 Å². The minimum absolute atomic E-state index is 0.235. The molecule has 0 fully saturated rings. The van der Waals surface area contributed by atoms with E-state index in [9.17, 15) is 0 Å². The van der Waals surface area contributed by atoms with Crippen LogP contribution in [-0.2, 0) is 0 Å². The lowest BCUT2D eigenvalue weighted by Crippen LogP contribution is -2.25. The van der Waals surface area contributed by atoms with Gasteiger partial charge in [-0.3, -0.25) is 0 Å². The second kappa shape index (κ2) is 4.30. The zero-order valence-electron chi connectivity index (χ0n) is 10.2. The monoisotopic (exact) mass is 216 g/mol. The third kappa shape index (κ3) is 1.74. The van der Waals surface area contributed by atoms with E-state index >= 15 is 0 Å². The summed E-state index contributed by atoms with van der Waals surface area (Å²) in [6.07, 6.45) is 3.12. The van der Waals surface area contributed by atoms with Crippen molar-refractivity contribution in [1.82, 2.24) is 4.98 Å². The summed E-state index contributed by atoms with van der Waals surface area (Å²) in [6, 6.07) is 6.60. The lowest BCUT2D eigenvalue weighted by Gasteiger charge is -2.18. The number of H-pyrrole nitrogens is 1. The molecule has 3 N–H and O–H groups in total. The number of rotatable bonds is 3. The predicted molar refractivity (Wildman–Crippen MR) is 69.7 cm³/mol. The van der Waals surface area contributed by atoms with Crippen molar-refractivity contribution >= 4 is 10.9 Å². The predicted octanol–water partition coefficient (Wildman–Crippen LogP) is 3.32. The number of fused-ring (bicyclic) bond motifs is 1. The maximum absolute atomic E-state index is 6.13. The van der Waals surface area contributed by atoms with Crippen molar-refractivity contribution in [3.05, 3.63) is 35.5 Å². The van der Waals surface area contributed by atoms with Gasteiger partial charge in [0.25, 0.3) is 0 Å². The van der Waals surface area contributed by atoms with E-state index in [0.29, 0.717) is 5.92 Å². The van der Waals surface area contributed by atoms with Crippen LogP contribution in [0.3, 0.4) is 0 Å². The zero-order valence-corrected chi connectivity index (χ0v) is 10.2. The molecule has 0 bridgehead atoms. The molecule has 86 valence electrons. The molecule has 1 aromatic heterocycles. The molecule has 0 spiro atoms. The number of aromatic nitrogens is 1. The Morgan fingerprint density at radius 2 is 2.12 bits per heavy atom. The van der Waals surface area contributed by atoms with Crippen molar-refractivity contribution in [3.8, 4) is 0 Å². The Morgan fingerprint density at radius 1 is 1.38 bits per heavy atom. The fourth-order valence-electron chi connectivity index (χ4n) is 2.34. The van der Waals surface area contributed by atoms with Crippen molar-refractivity contribution in [1.29, 1.82) is 0 Å². The minimum Gasteiger partial charge on any atom is -0.361 e. The first-order valence-corrected chi connectivity index (χ1v) is 5.97. The van der Waals surface area contributed by atoms with Gasteiger partial charge in [0.15, 0.2) is 0 Å². The molecule has 16 heavy (non-hydrogen) atoms. The summed E-state index contributed by atoms with van der Waals surface area (Å²) in [7, 11) is 0. The van der Waals surface area contributed by atoms with Crippen LogP contribution in [0.15, 0.2) is 24.4 Å². The number of nitrogens with two attached hydrogens (primary N) is 1. The van der Waals surface area contributed by atoms with E-state index in [4.69, 9.17) is 5.73 Å². The quantitative estimate of drug-likeness (QED) is 0.812. The van der Waals surface area contributed by atoms with Gasteiger partial charge in [0.05, 0.1) is 0 Å². The maximum atomic E-state index is 6.13. The van der Waals surface area contributed by atoms with E-state index in [1.165, 1.54) is 22.0 Å². The Kier molecular flexibility index (Phi) is 3.01. The van der Waals surface area contributed by atoms with E-state index in [1.807, 2.05) is 0 Å². The van der Waals surface area contributed by atoms with E-state index in [1.54, 1.807) is 0 Å². The van der Waals surface area contributed by atoms with Crippen LogP contribution in [0.4, 0.5) is 0 Å². The highest BCUT2D eigenvalue weighted by Gasteiger charge is 2.17. The standard InChI is InChI=1S/C14H20N2/c1-4-12(15)10(3)11-8-16-13-7-5-6-9(2)14(11)13/h5-8,10,12,16H,4,15H2,1-3H3/t10-,12+/m1/s1. The first-order chi connectivity index (χ1) is 7.65. The molecule has 0 unspecified atom stereocenters. The Hall–Kier alpha value is -1.28. The molecule has 0 amide bonds. The summed E-state index contributed by atoms with van der Waals surface area (Å²) in [6.45, 7) is 6.51. The molecule has 1 aromatic carbocycles. The molecule has 2 atom stereocenters. The van der Waals surface area contributed by atoms with Crippen LogP contribution < -0.4 is 5.73 Å². The second-order valence-electron chi connectivity index (χ2n) is 4.60. The highest BCUT2D eigenvalue weighted by atomic mass is 14.7. The van der Waals surface area contributed by atoms with Crippen molar-refractivity contribution in [2.45, 2.75) is 39.2 Å². The van der Waals surface area contributed by atoms with Gasteiger partial charge < -0.3 is 10.7 Å². The number of aryl methyl sites for hydroxylation is 1. The Balaban J connectivity index is 2.53. The van der Waals surface area contributed by atoms with Gasteiger partial charge in [0.2, 0.25) is 0 Å². The zero-order chi connectivity index (χ0) is 11.7. The fourth-order valence-corrected chi connectivity index (χ4v) is 2.34. The summed E-state index contributed by atoms with van der Waals surface area (Å²) in [4.78, 5) is 3.33. The molecule has 0 aliphatic rings. The molecule has 0 aliphatic carbocycles. The lowest BCUT2D eigenvalue weighted by molar-refractivity contribution is 0.554. The molecule has 0 saturated carbocycles.